The van der Waals surface area contributed by atoms with Crippen molar-refractivity contribution >= 4 is 27.9 Å². The highest BCUT2D eigenvalue weighted by atomic mass is 32.2. The van der Waals surface area contributed by atoms with Gasteiger partial charge in [0.25, 0.3) is 10.2 Å². The van der Waals surface area contributed by atoms with Crippen molar-refractivity contribution in [3.8, 4) is 0 Å². The van der Waals surface area contributed by atoms with Crippen LogP contribution in [0.25, 0.3) is 0 Å². The smallest absolute Gasteiger partial charge is 0.281 e. The van der Waals surface area contributed by atoms with E-state index in [1.54, 1.807) is 11.8 Å². The summed E-state index contributed by atoms with van der Waals surface area (Å²) < 4.78 is 27.1. The molecule has 1 aliphatic heterocycles. The van der Waals surface area contributed by atoms with Crippen LogP contribution in [-0.4, -0.2) is 62.4 Å². The molecule has 1 fully saturated rings. The van der Waals surface area contributed by atoms with Crippen LogP contribution >= 0.6 is 11.8 Å². The van der Waals surface area contributed by atoms with E-state index in [0.717, 1.165) is 17.9 Å². The number of carbonyl (C=O) groups is 1. The standard InChI is InChI=1S/C18H29N3O3S2/c1-15-6-4-7-16(12-15)14-25-11-9-19-18(22)17-8-5-10-21(13-17)26(23,24)20(2)3/h4,6-7,12,17H,5,8-11,13-14H2,1-3H3,(H,19,22). The van der Waals surface area contributed by atoms with E-state index in [0.29, 0.717) is 19.5 Å². The highest BCUT2D eigenvalue weighted by Crippen LogP contribution is 2.20. The summed E-state index contributed by atoms with van der Waals surface area (Å²) in [5.41, 5.74) is 2.55. The summed E-state index contributed by atoms with van der Waals surface area (Å²) in [5, 5.41) is 2.96. The fourth-order valence-electron chi connectivity index (χ4n) is 2.98. The third-order valence-electron chi connectivity index (χ3n) is 4.44. The highest BCUT2D eigenvalue weighted by molar-refractivity contribution is 7.98. The van der Waals surface area contributed by atoms with Crippen LogP contribution < -0.4 is 5.32 Å². The number of carbonyl (C=O) groups excluding carboxylic acids is 1. The number of hydrogen-bond donors (Lipinski definition) is 1. The van der Waals surface area contributed by atoms with E-state index in [2.05, 4.69) is 36.5 Å². The van der Waals surface area contributed by atoms with Crippen molar-refractivity contribution in [3.63, 3.8) is 0 Å². The van der Waals surface area contributed by atoms with Crippen molar-refractivity contribution in [1.82, 2.24) is 13.9 Å². The Morgan fingerprint density at radius 1 is 1.38 bits per heavy atom. The summed E-state index contributed by atoms with van der Waals surface area (Å²) in [6.07, 6.45) is 1.45. The maximum atomic E-state index is 12.4. The molecule has 0 aromatic heterocycles. The number of nitrogens with zero attached hydrogens (tertiary/aromatic N) is 2. The van der Waals surface area contributed by atoms with Crippen molar-refractivity contribution in [3.05, 3.63) is 35.4 Å². The molecule has 1 saturated heterocycles. The quantitative estimate of drug-likeness (QED) is 0.678. The minimum absolute atomic E-state index is 0.0418. The summed E-state index contributed by atoms with van der Waals surface area (Å²) in [6, 6.07) is 8.43. The van der Waals surface area contributed by atoms with E-state index in [-0.39, 0.29) is 18.4 Å². The number of aryl methyl sites for hydroxylation is 1. The number of benzene rings is 1. The Morgan fingerprint density at radius 3 is 2.85 bits per heavy atom. The Hall–Kier alpha value is -1.09. The second-order valence-corrected chi connectivity index (χ2v) is 10.1. The molecule has 1 unspecified atom stereocenters. The van der Waals surface area contributed by atoms with Crippen molar-refractivity contribution in [2.24, 2.45) is 5.92 Å². The van der Waals surface area contributed by atoms with E-state index < -0.39 is 10.2 Å². The minimum atomic E-state index is -3.45. The summed E-state index contributed by atoms with van der Waals surface area (Å²) in [4.78, 5) is 12.4. The van der Waals surface area contributed by atoms with Gasteiger partial charge in [0, 0.05) is 45.2 Å². The van der Waals surface area contributed by atoms with Crippen LogP contribution in [0.5, 0.6) is 0 Å². The van der Waals surface area contributed by atoms with Crippen molar-refractivity contribution in [2.75, 3.05) is 39.5 Å². The molecule has 1 atom stereocenters. The molecule has 0 saturated carbocycles. The van der Waals surface area contributed by atoms with Gasteiger partial charge in [-0.15, -0.1) is 0 Å². The number of rotatable bonds is 8. The zero-order valence-corrected chi connectivity index (χ0v) is 17.4. The molecule has 2 rings (SSSR count). The topological polar surface area (TPSA) is 69.7 Å². The lowest BCUT2D eigenvalue weighted by atomic mass is 9.99. The van der Waals surface area contributed by atoms with E-state index in [1.165, 1.54) is 33.8 Å². The fraction of sp³-hybridized carbons (Fsp3) is 0.611. The van der Waals surface area contributed by atoms with Gasteiger partial charge in [-0.05, 0) is 25.3 Å². The zero-order valence-electron chi connectivity index (χ0n) is 15.8. The Bertz CT molecular complexity index is 707. The van der Waals surface area contributed by atoms with Gasteiger partial charge < -0.3 is 5.32 Å². The van der Waals surface area contributed by atoms with Gasteiger partial charge in [-0.2, -0.15) is 28.8 Å². The monoisotopic (exact) mass is 399 g/mol. The van der Waals surface area contributed by atoms with Gasteiger partial charge in [0.15, 0.2) is 0 Å². The minimum Gasteiger partial charge on any atom is -0.355 e. The summed E-state index contributed by atoms with van der Waals surface area (Å²) in [5.74, 6) is 1.46. The lowest BCUT2D eigenvalue weighted by Gasteiger charge is -2.32. The van der Waals surface area contributed by atoms with Gasteiger partial charge in [0.2, 0.25) is 5.91 Å². The number of thioether (sulfide) groups is 1. The predicted octanol–water partition coefficient (Wildman–Crippen LogP) is 1.86. The molecule has 1 aromatic carbocycles. The van der Waals surface area contributed by atoms with Crippen LogP contribution in [0.3, 0.4) is 0 Å². The van der Waals surface area contributed by atoms with Gasteiger partial charge in [0.05, 0.1) is 5.92 Å². The SMILES string of the molecule is Cc1cccc(CSCCNC(=O)C2CCCN(S(=O)(=O)N(C)C)C2)c1. The van der Waals surface area contributed by atoms with Gasteiger partial charge >= 0.3 is 0 Å². The van der Waals surface area contributed by atoms with Crippen LogP contribution in [0.15, 0.2) is 24.3 Å². The molecule has 1 heterocycles. The van der Waals surface area contributed by atoms with Crippen LogP contribution in [-0.2, 0) is 20.8 Å². The number of amides is 1. The van der Waals surface area contributed by atoms with Crippen molar-refractivity contribution in [2.45, 2.75) is 25.5 Å². The maximum absolute atomic E-state index is 12.4. The van der Waals surface area contributed by atoms with Gasteiger partial charge in [-0.3, -0.25) is 4.79 Å². The molecule has 1 N–H and O–H groups in total. The largest absolute Gasteiger partial charge is 0.355 e. The van der Waals surface area contributed by atoms with E-state index >= 15 is 0 Å². The second kappa shape index (κ2) is 9.73. The summed E-state index contributed by atoms with van der Waals surface area (Å²) in [7, 11) is -0.411. The number of piperidine rings is 1. The zero-order chi connectivity index (χ0) is 19.2. The average Bonchev–Trinajstić information content (AvgIpc) is 2.61. The molecule has 1 aromatic rings. The van der Waals surface area contributed by atoms with Crippen molar-refractivity contribution in [1.29, 1.82) is 0 Å². The van der Waals surface area contributed by atoms with Gasteiger partial charge in [0.1, 0.15) is 0 Å². The summed E-state index contributed by atoms with van der Waals surface area (Å²) >= 11 is 1.78. The first-order valence-electron chi connectivity index (χ1n) is 8.89. The summed E-state index contributed by atoms with van der Waals surface area (Å²) in [6.45, 7) is 3.43. The highest BCUT2D eigenvalue weighted by Gasteiger charge is 2.33. The van der Waals surface area contributed by atoms with Gasteiger partial charge in [-0.25, -0.2) is 0 Å². The van der Waals surface area contributed by atoms with Crippen LogP contribution in [0.4, 0.5) is 0 Å². The Morgan fingerprint density at radius 2 is 2.15 bits per heavy atom. The number of hydrogen-bond acceptors (Lipinski definition) is 4. The van der Waals surface area contributed by atoms with Crippen LogP contribution in [0, 0.1) is 12.8 Å². The lowest BCUT2D eigenvalue weighted by Crippen LogP contribution is -2.49. The molecule has 146 valence electrons. The molecule has 6 nitrogen and oxygen atoms in total. The third-order valence-corrected chi connectivity index (χ3v) is 7.38. The van der Waals surface area contributed by atoms with Crippen LogP contribution in [0.1, 0.15) is 24.0 Å². The fourth-order valence-corrected chi connectivity index (χ4v) is 4.98. The number of nitrogens with one attached hydrogen (secondary N) is 1. The molecule has 0 aliphatic carbocycles. The van der Waals surface area contributed by atoms with Crippen molar-refractivity contribution < 1.29 is 13.2 Å². The first-order chi connectivity index (χ1) is 12.3. The molecular weight excluding hydrogens is 370 g/mol. The molecule has 26 heavy (non-hydrogen) atoms. The Labute approximate surface area is 161 Å². The first kappa shape index (κ1) is 21.2. The Balaban J connectivity index is 1.72. The van der Waals surface area contributed by atoms with Gasteiger partial charge in [-0.1, -0.05) is 29.8 Å². The molecule has 1 aliphatic rings. The van der Waals surface area contributed by atoms with E-state index in [1.807, 2.05) is 0 Å². The molecule has 0 bridgehead atoms. The normalized spacial score (nSPS) is 18.8. The molecule has 0 radical (unpaired) electrons. The van der Waals surface area contributed by atoms with E-state index in [4.69, 9.17) is 0 Å². The van der Waals surface area contributed by atoms with Crippen LogP contribution in [0.2, 0.25) is 0 Å². The first-order valence-corrected chi connectivity index (χ1v) is 11.4. The van der Waals surface area contributed by atoms with E-state index in [9.17, 15) is 13.2 Å². The molecule has 0 spiro atoms. The Kier molecular flexibility index (Phi) is 7.94. The predicted molar refractivity (Wildman–Crippen MR) is 107 cm³/mol. The molecule has 1 amide bonds. The molecule has 8 heteroatoms. The molecular formula is C18H29N3O3S2. The average molecular weight is 400 g/mol. The second-order valence-electron chi connectivity index (χ2n) is 6.82. The maximum Gasteiger partial charge on any atom is 0.281 e. The lowest BCUT2D eigenvalue weighted by molar-refractivity contribution is -0.125. The third kappa shape index (κ3) is 5.97.